The molecule has 21 heavy (non-hydrogen) atoms. The number of benzene rings is 3. The van der Waals surface area contributed by atoms with Crippen molar-refractivity contribution in [3.8, 4) is 0 Å². The molecule has 0 spiro atoms. The molecule has 0 saturated carbocycles. The van der Waals surface area contributed by atoms with Gasteiger partial charge in [0.2, 0.25) is 9.84 Å². The molecule has 0 aliphatic rings. The number of sulfone groups is 1. The third-order valence-electron chi connectivity index (χ3n) is 3.44. The van der Waals surface area contributed by atoms with Crippen LogP contribution in [0.2, 0.25) is 0 Å². The van der Waals surface area contributed by atoms with E-state index in [1.54, 1.807) is 24.3 Å². The van der Waals surface area contributed by atoms with Crippen LogP contribution in [0.3, 0.4) is 0 Å². The maximum atomic E-state index is 12.7. The summed E-state index contributed by atoms with van der Waals surface area (Å²) in [5.41, 5.74) is 1.04. The van der Waals surface area contributed by atoms with Crippen LogP contribution in [-0.2, 0) is 9.84 Å². The van der Waals surface area contributed by atoms with Gasteiger partial charge in [0.05, 0.1) is 9.79 Å². The van der Waals surface area contributed by atoms with E-state index in [1.807, 2.05) is 43.3 Å². The van der Waals surface area contributed by atoms with E-state index in [-0.39, 0.29) is 0 Å². The van der Waals surface area contributed by atoms with Gasteiger partial charge in [-0.2, -0.15) is 0 Å². The maximum absolute atomic E-state index is 12.7. The van der Waals surface area contributed by atoms with Gasteiger partial charge in [-0.25, -0.2) is 8.42 Å². The zero-order valence-electron chi connectivity index (χ0n) is 11.4. The molecule has 2 nitrogen and oxygen atoms in total. The molecule has 106 valence electrons. The molecule has 3 aromatic carbocycles. The zero-order valence-corrected chi connectivity index (χ0v) is 13.8. The lowest BCUT2D eigenvalue weighted by Gasteiger charge is -2.07. The molecule has 3 aromatic rings. The van der Waals surface area contributed by atoms with Crippen molar-refractivity contribution in [2.75, 3.05) is 0 Å². The van der Waals surface area contributed by atoms with Crippen molar-refractivity contribution < 1.29 is 8.42 Å². The molecule has 0 atom stereocenters. The molecule has 0 unspecified atom stereocenters. The topological polar surface area (TPSA) is 34.1 Å². The summed E-state index contributed by atoms with van der Waals surface area (Å²) in [6.07, 6.45) is 0. The minimum Gasteiger partial charge on any atom is -0.219 e. The Morgan fingerprint density at radius 3 is 2.24 bits per heavy atom. The molecule has 0 radical (unpaired) electrons. The number of fused-ring (bicyclic) bond motifs is 1. The molecule has 0 fully saturated rings. The highest BCUT2D eigenvalue weighted by Crippen LogP contribution is 2.28. The third kappa shape index (κ3) is 2.61. The molecule has 0 bridgehead atoms. The fourth-order valence-electron chi connectivity index (χ4n) is 2.24. The van der Waals surface area contributed by atoms with Gasteiger partial charge in [0.25, 0.3) is 0 Å². The summed E-state index contributed by atoms with van der Waals surface area (Å²) in [6, 6.07) is 17.9. The number of hydrogen-bond donors (Lipinski definition) is 0. The van der Waals surface area contributed by atoms with Gasteiger partial charge in [-0.3, -0.25) is 0 Å². The molecule has 0 saturated heterocycles. The van der Waals surface area contributed by atoms with Crippen LogP contribution in [-0.4, -0.2) is 8.42 Å². The standard InChI is InChI=1S/C17H13BrO2S/c1-12-5-7-14(8-6-12)21(19,20)15-9-10-16-13(11-15)3-2-4-17(16)18/h2-11H,1H3. The summed E-state index contributed by atoms with van der Waals surface area (Å²) in [5.74, 6) is 0. The first-order valence-electron chi connectivity index (χ1n) is 6.48. The lowest BCUT2D eigenvalue weighted by molar-refractivity contribution is 0.596. The first-order valence-corrected chi connectivity index (χ1v) is 8.76. The van der Waals surface area contributed by atoms with Crippen LogP contribution in [0.5, 0.6) is 0 Å². The number of rotatable bonds is 2. The first-order chi connectivity index (χ1) is 9.98. The summed E-state index contributed by atoms with van der Waals surface area (Å²) in [6.45, 7) is 1.93. The molecule has 4 heteroatoms. The summed E-state index contributed by atoms with van der Waals surface area (Å²) in [7, 11) is -3.48. The van der Waals surface area contributed by atoms with E-state index in [0.717, 1.165) is 20.8 Å². The van der Waals surface area contributed by atoms with Crippen molar-refractivity contribution >= 4 is 36.5 Å². The Balaban J connectivity index is 2.17. The molecule has 0 aliphatic heterocycles. The van der Waals surface area contributed by atoms with E-state index in [4.69, 9.17) is 0 Å². The lowest BCUT2D eigenvalue weighted by atomic mass is 10.1. The summed E-state index contributed by atoms with van der Waals surface area (Å²) >= 11 is 3.48. The largest absolute Gasteiger partial charge is 0.219 e. The Labute approximate surface area is 132 Å². The normalized spacial score (nSPS) is 11.7. The predicted octanol–water partition coefficient (Wildman–Crippen LogP) is 4.74. The van der Waals surface area contributed by atoms with E-state index in [1.165, 1.54) is 0 Å². The van der Waals surface area contributed by atoms with E-state index in [0.29, 0.717) is 9.79 Å². The van der Waals surface area contributed by atoms with Crippen LogP contribution in [0.15, 0.2) is 74.9 Å². The molecule has 3 rings (SSSR count). The SMILES string of the molecule is Cc1ccc(S(=O)(=O)c2ccc3c(Br)cccc3c2)cc1. The van der Waals surface area contributed by atoms with Crippen LogP contribution < -0.4 is 0 Å². The fraction of sp³-hybridized carbons (Fsp3) is 0.0588. The van der Waals surface area contributed by atoms with Crippen molar-refractivity contribution in [2.24, 2.45) is 0 Å². The average molecular weight is 361 g/mol. The first kappa shape index (κ1) is 14.3. The smallest absolute Gasteiger partial charge is 0.206 e. The highest BCUT2D eigenvalue weighted by Gasteiger charge is 2.17. The minimum absolute atomic E-state index is 0.317. The zero-order chi connectivity index (χ0) is 15.0. The lowest BCUT2D eigenvalue weighted by Crippen LogP contribution is -2.01. The van der Waals surface area contributed by atoms with Crippen LogP contribution >= 0.6 is 15.9 Å². The van der Waals surface area contributed by atoms with Crippen LogP contribution in [0, 0.1) is 6.92 Å². The summed E-state index contributed by atoms with van der Waals surface area (Å²) in [4.78, 5) is 0.638. The second-order valence-corrected chi connectivity index (χ2v) is 7.74. The highest BCUT2D eigenvalue weighted by molar-refractivity contribution is 9.10. The molecule has 0 aromatic heterocycles. The quantitative estimate of drug-likeness (QED) is 0.661. The van der Waals surface area contributed by atoms with E-state index >= 15 is 0 Å². The van der Waals surface area contributed by atoms with Gasteiger partial charge in [-0.05, 0) is 48.0 Å². The van der Waals surface area contributed by atoms with Gasteiger partial charge in [0, 0.05) is 4.47 Å². The minimum atomic E-state index is -3.48. The average Bonchev–Trinajstić information content (AvgIpc) is 2.47. The van der Waals surface area contributed by atoms with Crippen LogP contribution in [0.25, 0.3) is 10.8 Å². The van der Waals surface area contributed by atoms with Crippen LogP contribution in [0.4, 0.5) is 0 Å². The van der Waals surface area contributed by atoms with E-state index in [9.17, 15) is 8.42 Å². The molecule has 0 aliphatic carbocycles. The van der Waals surface area contributed by atoms with Crippen LogP contribution in [0.1, 0.15) is 5.56 Å². The van der Waals surface area contributed by atoms with Crippen molar-refractivity contribution in [3.63, 3.8) is 0 Å². The Morgan fingerprint density at radius 2 is 1.52 bits per heavy atom. The Kier molecular flexibility index (Phi) is 3.59. The fourth-order valence-corrected chi connectivity index (χ4v) is 4.05. The van der Waals surface area contributed by atoms with Gasteiger partial charge in [0.1, 0.15) is 0 Å². The molecule has 0 amide bonds. The van der Waals surface area contributed by atoms with Gasteiger partial charge in [0.15, 0.2) is 0 Å². The van der Waals surface area contributed by atoms with Crippen molar-refractivity contribution in [1.82, 2.24) is 0 Å². The van der Waals surface area contributed by atoms with E-state index < -0.39 is 9.84 Å². The van der Waals surface area contributed by atoms with Crippen molar-refractivity contribution in [1.29, 1.82) is 0 Å². The Bertz CT molecular complexity index is 913. The third-order valence-corrected chi connectivity index (χ3v) is 5.90. The Hall–Kier alpha value is -1.65. The molecular formula is C17H13BrO2S. The summed E-state index contributed by atoms with van der Waals surface area (Å²) < 4.78 is 26.3. The highest BCUT2D eigenvalue weighted by atomic mass is 79.9. The molecular weight excluding hydrogens is 348 g/mol. The van der Waals surface area contributed by atoms with Gasteiger partial charge in [-0.1, -0.05) is 51.8 Å². The second-order valence-electron chi connectivity index (χ2n) is 4.94. The van der Waals surface area contributed by atoms with Gasteiger partial charge in [-0.15, -0.1) is 0 Å². The second kappa shape index (κ2) is 5.28. The summed E-state index contributed by atoms with van der Waals surface area (Å²) in [5, 5.41) is 1.90. The van der Waals surface area contributed by atoms with Gasteiger partial charge >= 0.3 is 0 Å². The predicted molar refractivity (Wildman–Crippen MR) is 88.3 cm³/mol. The van der Waals surface area contributed by atoms with Gasteiger partial charge < -0.3 is 0 Å². The molecule has 0 heterocycles. The maximum Gasteiger partial charge on any atom is 0.206 e. The van der Waals surface area contributed by atoms with Crippen molar-refractivity contribution in [2.45, 2.75) is 16.7 Å². The number of halogens is 1. The monoisotopic (exact) mass is 360 g/mol. The molecule has 0 N–H and O–H groups in total. The number of hydrogen-bond acceptors (Lipinski definition) is 2. The number of aryl methyl sites for hydroxylation is 1. The van der Waals surface area contributed by atoms with Crippen molar-refractivity contribution in [3.05, 3.63) is 70.7 Å². The van der Waals surface area contributed by atoms with E-state index in [2.05, 4.69) is 15.9 Å². The Morgan fingerprint density at radius 1 is 0.857 bits per heavy atom.